The SMILES string of the molecule is CCCCCC[C@H]1CC[C@H](c2ccc(C(F)C(C)(F)F)cc2)CC1. The highest BCUT2D eigenvalue weighted by Crippen LogP contribution is 2.39. The predicted octanol–water partition coefficient (Wildman–Crippen LogP) is 7.60. The number of alkyl halides is 3. The van der Waals surface area contributed by atoms with E-state index in [1.165, 1.54) is 75.5 Å². The van der Waals surface area contributed by atoms with E-state index in [0.29, 0.717) is 12.8 Å². The fourth-order valence-corrected chi connectivity index (χ4v) is 3.87. The maximum atomic E-state index is 13.7. The van der Waals surface area contributed by atoms with Crippen LogP contribution in [0.1, 0.15) is 94.9 Å². The predicted molar refractivity (Wildman–Crippen MR) is 94.4 cm³/mol. The molecule has 0 heterocycles. The number of hydrogen-bond donors (Lipinski definition) is 0. The molecule has 0 saturated heterocycles. The average molecular weight is 340 g/mol. The summed E-state index contributed by atoms with van der Waals surface area (Å²) >= 11 is 0. The van der Waals surface area contributed by atoms with Gasteiger partial charge in [0.15, 0.2) is 6.17 Å². The standard InChI is InChI=1S/C21H31F3/c1-3-4-5-6-7-16-8-10-17(11-9-16)18-12-14-19(15-13-18)20(22)21(2,23)24/h12-17,20H,3-11H2,1-2H3/t16-,17-,20?. The van der Waals surface area contributed by atoms with Gasteiger partial charge in [0.1, 0.15) is 0 Å². The van der Waals surface area contributed by atoms with Gasteiger partial charge >= 0.3 is 0 Å². The van der Waals surface area contributed by atoms with Crippen molar-refractivity contribution in [2.75, 3.05) is 0 Å². The van der Waals surface area contributed by atoms with E-state index in [9.17, 15) is 13.2 Å². The maximum Gasteiger partial charge on any atom is 0.280 e. The van der Waals surface area contributed by atoms with Crippen LogP contribution < -0.4 is 0 Å². The second-order valence-corrected chi connectivity index (χ2v) is 7.55. The summed E-state index contributed by atoms with van der Waals surface area (Å²) in [5, 5.41) is 0. The lowest BCUT2D eigenvalue weighted by molar-refractivity contribution is -0.0566. The first-order chi connectivity index (χ1) is 11.4. The molecule has 1 atom stereocenters. The van der Waals surface area contributed by atoms with Crippen molar-refractivity contribution in [3.05, 3.63) is 35.4 Å². The van der Waals surface area contributed by atoms with Crippen LogP contribution in [0.25, 0.3) is 0 Å². The summed E-state index contributed by atoms with van der Waals surface area (Å²) in [6, 6.07) is 6.77. The number of unbranched alkanes of at least 4 members (excludes halogenated alkanes) is 3. The van der Waals surface area contributed by atoms with Crippen LogP contribution in [-0.4, -0.2) is 5.92 Å². The first-order valence-electron chi connectivity index (χ1n) is 9.53. The first kappa shape index (κ1) is 19.3. The van der Waals surface area contributed by atoms with Crippen LogP contribution in [0.3, 0.4) is 0 Å². The zero-order valence-electron chi connectivity index (χ0n) is 15.0. The summed E-state index contributed by atoms with van der Waals surface area (Å²) < 4.78 is 39.8. The van der Waals surface area contributed by atoms with Crippen LogP contribution in [0.15, 0.2) is 24.3 Å². The van der Waals surface area contributed by atoms with Gasteiger partial charge in [-0.3, -0.25) is 0 Å². The molecule has 1 fully saturated rings. The average Bonchev–Trinajstić information content (AvgIpc) is 2.58. The van der Waals surface area contributed by atoms with Gasteiger partial charge in [-0.15, -0.1) is 0 Å². The summed E-state index contributed by atoms with van der Waals surface area (Å²) in [5.74, 6) is -1.96. The Kier molecular flexibility index (Phi) is 7.18. The minimum Gasteiger partial charge on any atom is -0.236 e. The second kappa shape index (κ2) is 8.92. The quantitative estimate of drug-likeness (QED) is 0.427. The van der Waals surface area contributed by atoms with Gasteiger partial charge in [-0.1, -0.05) is 63.3 Å². The zero-order valence-corrected chi connectivity index (χ0v) is 15.0. The van der Waals surface area contributed by atoms with Crippen molar-refractivity contribution in [1.29, 1.82) is 0 Å². The second-order valence-electron chi connectivity index (χ2n) is 7.55. The molecule has 1 saturated carbocycles. The molecule has 1 aromatic rings. The highest BCUT2D eigenvalue weighted by Gasteiger charge is 2.35. The lowest BCUT2D eigenvalue weighted by atomic mass is 9.77. The molecular weight excluding hydrogens is 309 g/mol. The normalized spacial score (nSPS) is 23.2. The molecule has 1 aliphatic rings. The van der Waals surface area contributed by atoms with Crippen molar-refractivity contribution in [2.45, 2.75) is 89.6 Å². The Morgan fingerprint density at radius 1 is 1.00 bits per heavy atom. The molecule has 1 unspecified atom stereocenters. The van der Waals surface area contributed by atoms with E-state index >= 15 is 0 Å². The molecule has 24 heavy (non-hydrogen) atoms. The summed E-state index contributed by atoms with van der Waals surface area (Å²) in [7, 11) is 0. The van der Waals surface area contributed by atoms with E-state index in [-0.39, 0.29) is 5.56 Å². The van der Waals surface area contributed by atoms with Crippen molar-refractivity contribution >= 4 is 0 Å². The number of hydrogen-bond acceptors (Lipinski definition) is 0. The molecule has 0 nitrogen and oxygen atoms in total. The fourth-order valence-electron chi connectivity index (χ4n) is 3.87. The van der Waals surface area contributed by atoms with Gasteiger partial charge in [0, 0.05) is 6.92 Å². The van der Waals surface area contributed by atoms with Crippen molar-refractivity contribution in [1.82, 2.24) is 0 Å². The zero-order chi connectivity index (χ0) is 17.6. The summed E-state index contributed by atoms with van der Waals surface area (Å²) in [6.07, 6.45) is 9.31. The number of halogens is 3. The van der Waals surface area contributed by atoms with Gasteiger partial charge in [-0.25, -0.2) is 13.2 Å². The minimum atomic E-state index is -3.32. The number of rotatable bonds is 8. The largest absolute Gasteiger partial charge is 0.280 e. The van der Waals surface area contributed by atoms with Gasteiger partial charge in [0.2, 0.25) is 0 Å². The molecule has 0 amide bonds. The smallest absolute Gasteiger partial charge is 0.236 e. The summed E-state index contributed by atoms with van der Waals surface area (Å²) in [5.41, 5.74) is 1.26. The molecule has 0 bridgehead atoms. The van der Waals surface area contributed by atoms with E-state index in [1.807, 2.05) is 12.1 Å². The van der Waals surface area contributed by atoms with Gasteiger partial charge in [0.05, 0.1) is 0 Å². The van der Waals surface area contributed by atoms with Crippen molar-refractivity contribution in [3.8, 4) is 0 Å². The Morgan fingerprint density at radius 2 is 1.62 bits per heavy atom. The minimum absolute atomic E-state index is 0.0795. The Labute approximate surface area is 144 Å². The molecule has 1 aliphatic carbocycles. The van der Waals surface area contributed by atoms with E-state index in [4.69, 9.17) is 0 Å². The molecule has 2 rings (SSSR count). The molecule has 136 valence electrons. The first-order valence-corrected chi connectivity index (χ1v) is 9.53. The highest BCUT2D eigenvalue weighted by atomic mass is 19.3. The lowest BCUT2D eigenvalue weighted by Gasteiger charge is -2.29. The molecule has 1 aromatic carbocycles. The topological polar surface area (TPSA) is 0 Å². The Bertz CT molecular complexity index is 467. The third-order valence-corrected chi connectivity index (χ3v) is 5.46. The van der Waals surface area contributed by atoms with Crippen molar-refractivity contribution < 1.29 is 13.2 Å². The van der Waals surface area contributed by atoms with E-state index in [0.717, 1.165) is 5.92 Å². The van der Waals surface area contributed by atoms with Gasteiger partial charge < -0.3 is 0 Å². The van der Waals surface area contributed by atoms with Crippen LogP contribution in [0, 0.1) is 5.92 Å². The van der Waals surface area contributed by atoms with Crippen molar-refractivity contribution in [2.24, 2.45) is 5.92 Å². The molecular formula is C21H31F3. The Morgan fingerprint density at radius 3 is 2.17 bits per heavy atom. The third kappa shape index (κ3) is 5.53. The number of benzene rings is 1. The third-order valence-electron chi connectivity index (χ3n) is 5.46. The Balaban J connectivity index is 1.82. The van der Waals surface area contributed by atoms with Crippen LogP contribution in [-0.2, 0) is 0 Å². The lowest BCUT2D eigenvalue weighted by Crippen LogP contribution is -2.18. The molecule has 0 radical (unpaired) electrons. The van der Waals surface area contributed by atoms with E-state index in [2.05, 4.69) is 6.92 Å². The van der Waals surface area contributed by atoms with Crippen LogP contribution in [0.5, 0.6) is 0 Å². The summed E-state index contributed by atoms with van der Waals surface area (Å²) in [4.78, 5) is 0. The van der Waals surface area contributed by atoms with E-state index in [1.54, 1.807) is 0 Å². The van der Waals surface area contributed by atoms with Crippen LogP contribution >= 0.6 is 0 Å². The summed E-state index contributed by atoms with van der Waals surface area (Å²) in [6.45, 7) is 2.87. The molecule has 0 N–H and O–H groups in total. The molecule has 0 spiro atoms. The fraction of sp³-hybridized carbons (Fsp3) is 0.714. The highest BCUT2D eigenvalue weighted by molar-refractivity contribution is 5.28. The van der Waals surface area contributed by atoms with Crippen molar-refractivity contribution in [3.63, 3.8) is 0 Å². The Hall–Kier alpha value is -0.990. The molecule has 0 aliphatic heterocycles. The molecule has 3 heteroatoms. The van der Waals surface area contributed by atoms with Gasteiger partial charge in [-0.2, -0.15) is 0 Å². The molecule has 0 aromatic heterocycles. The maximum absolute atomic E-state index is 13.7. The van der Waals surface area contributed by atoms with Crippen LogP contribution in [0.2, 0.25) is 0 Å². The van der Waals surface area contributed by atoms with Crippen LogP contribution in [0.4, 0.5) is 13.2 Å². The van der Waals surface area contributed by atoms with E-state index < -0.39 is 12.1 Å². The monoisotopic (exact) mass is 340 g/mol. The van der Waals surface area contributed by atoms with Gasteiger partial charge in [0.25, 0.3) is 5.92 Å². The van der Waals surface area contributed by atoms with Gasteiger partial charge in [-0.05, 0) is 48.6 Å².